The second-order valence-corrected chi connectivity index (χ2v) is 5.56. The Labute approximate surface area is 116 Å². The van der Waals surface area contributed by atoms with Gasteiger partial charge in [0, 0.05) is 11.1 Å². The van der Waals surface area contributed by atoms with Crippen LogP contribution in [0.2, 0.25) is 0 Å². The van der Waals surface area contributed by atoms with Crippen molar-refractivity contribution in [2.45, 2.75) is 30.4 Å². The standard InChI is InChI=1S/C12H16ClNO3S/c1-3-17-10-5-4-6-11(12(10)14(15)16)18-9(2)7-8-13/h4-6,9H,3,7-8H2,1-2H3. The summed E-state index contributed by atoms with van der Waals surface area (Å²) in [5, 5.41) is 11.4. The summed E-state index contributed by atoms with van der Waals surface area (Å²) < 4.78 is 5.30. The first kappa shape index (κ1) is 15.1. The first-order valence-electron chi connectivity index (χ1n) is 5.73. The molecule has 18 heavy (non-hydrogen) atoms. The van der Waals surface area contributed by atoms with Gasteiger partial charge in [-0.25, -0.2) is 0 Å². The van der Waals surface area contributed by atoms with Gasteiger partial charge in [0.15, 0.2) is 5.75 Å². The molecule has 4 nitrogen and oxygen atoms in total. The van der Waals surface area contributed by atoms with Crippen molar-refractivity contribution in [3.8, 4) is 5.75 Å². The molecule has 0 fully saturated rings. The van der Waals surface area contributed by atoms with Crippen molar-refractivity contribution in [3.63, 3.8) is 0 Å². The minimum atomic E-state index is -0.388. The van der Waals surface area contributed by atoms with Gasteiger partial charge in [0.05, 0.1) is 16.4 Å². The van der Waals surface area contributed by atoms with Crippen LogP contribution < -0.4 is 4.74 Å². The third-order valence-electron chi connectivity index (χ3n) is 2.29. The van der Waals surface area contributed by atoms with Crippen LogP contribution in [0.15, 0.2) is 23.1 Å². The molecule has 0 bridgehead atoms. The highest BCUT2D eigenvalue weighted by Crippen LogP contribution is 2.39. The van der Waals surface area contributed by atoms with Crippen LogP contribution in [0.25, 0.3) is 0 Å². The summed E-state index contributed by atoms with van der Waals surface area (Å²) in [5.74, 6) is 0.873. The number of halogens is 1. The average molecular weight is 290 g/mol. The van der Waals surface area contributed by atoms with Crippen LogP contribution in [0.3, 0.4) is 0 Å². The van der Waals surface area contributed by atoms with E-state index in [2.05, 4.69) is 0 Å². The summed E-state index contributed by atoms with van der Waals surface area (Å²) in [6, 6.07) is 5.14. The molecule has 1 rings (SSSR count). The van der Waals surface area contributed by atoms with Gasteiger partial charge in [0.1, 0.15) is 0 Å². The lowest BCUT2D eigenvalue weighted by Crippen LogP contribution is -2.01. The minimum Gasteiger partial charge on any atom is -0.487 e. The molecule has 0 saturated heterocycles. The van der Waals surface area contributed by atoms with Crippen LogP contribution in [0.1, 0.15) is 20.3 Å². The first-order valence-corrected chi connectivity index (χ1v) is 7.14. The third kappa shape index (κ3) is 4.07. The molecule has 0 spiro atoms. The molecule has 0 saturated carbocycles. The van der Waals surface area contributed by atoms with Gasteiger partial charge in [-0.2, -0.15) is 0 Å². The molecule has 6 heteroatoms. The number of alkyl halides is 1. The molecule has 0 aliphatic rings. The fourth-order valence-corrected chi connectivity index (χ4v) is 3.05. The molecular formula is C12H16ClNO3S. The monoisotopic (exact) mass is 289 g/mol. The largest absolute Gasteiger partial charge is 0.487 e. The van der Waals surface area contributed by atoms with E-state index in [1.54, 1.807) is 25.1 Å². The second-order valence-electron chi connectivity index (χ2n) is 3.70. The summed E-state index contributed by atoms with van der Waals surface area (Å²) in [6.45, 7) is 4.22. The van der Waals surface area contributed by atoms with Crippen molar-refractivity contribution in [1.82, 2.24) is 0 Å². The van der Waals surface area contributed by atoms with Gasteiger partial charge < -0.3 is 4.74 Å². The highest BCUT2D eigenvalue weighted by molar-refractivity contribution is 8.00. The molecule has 1 aromatic carbocycles. The lowest BCUT2D eigenvalue weighted by Gasteiger charge is -2.11. The normalized spacial score (nSPS) is 12.2. The summed E-state index contributed by atoms with van der Waals surface area (Å²) in [7, 11) is 0. The first-order chi connectivity index (χ1) is 8.60. The maximum absolute atomic E-state index is 11.1. The maximum Gasteiger partial charge on any atom is 0.324 e. The Balaban J connectivity index is 3.02. The number of thioether (sulfide) groups is 1. The van der Waals surface area contributed by atoms with Crippen molar-refractivity contribution in [2.75, 3.05) is 12.5 Å². The van der Waals surface area contributed by atoms with E-state index in [1.165, 1.54) is 11.8 Å². The Morgan fingerprint density at radius 3 is 2.83 bits per heavy atom. The Hall–Kier alpha value is -0.940. The smallest absolute Gasteiger partial charge is 0.324 e. The number of para-hydroxylation sites is 1. The summed E-state index contributed by atoms with van der Waals surface area (Å²) in [5.41, 5.74) is 0.0470. The quantitative estimate of drug-likeness (QED) is 0.328. The molecule has 0 radical (unpaired) electrons. The van der Waals surface area contributed by atoms with Crippen molar-refractivity contribution in [1.29, 1.82) is 0 Å². The van der Waals surface area contributed by atoms with Crippen LogP contribution >= 0.6 is 23.4 Å². The average Bonchev–Trinajstić information content (AvgIpc) is 2.29. The highest BCUT2D eigenvalue weighted by Gasteiger charge is 2.22. The Morgan fingerprint density at radius 2 is 2.28 bits per heavy atom. The van der Waals surface area contributed by atoms with Gasteiger partial charge >= 0.3 is 5.69 Å². The fourth-order valence-electron chi connectivity index (χ4n) is 1.48. The molecule has 1 aromatic rings. The summed E-state index contributed by atoms with van der Waals surface area (Å²) in [4.78, 5) is 11.4. The van der Waals surface area contributed by atoms with Gasteiger partial charge in [-0.05, 0) is 25.5 Å². The molecule has 0 N–H and O–H groups in total. The topological polar surface area (TPSA) is 52.4 Å². The summed E-state index contributed by atoms with van der Waals surface area (Å²) in [6.07, 6.45) is 0.808. The number of rotatable bonds is 7. The molecule has 0 amide bonds. The van der Waals surface area contributed by atoms with Gasteiger partial charge in [0.2, 0.25) is 0 Å². The predicted octanol–water partition coefficient (Wildman–Crippen LogP) is 4.10. The van der Waals surface area contributed by atoms with E-state index >= 15 is 0 Å². The number of hydrogen-bond donors (Lipinski definition) is 0. The molecular weight excluding hydrogens is 274 g/mol. The van der Waals surface area contributed by atoms with E-state index in [0.29, 0.717) is 23.1 Å². The van der Waals surface area contributed by atoms with Crippen LogP contribution in [0, 0.1) is 10.1 Å². The zero-order chi connectivity index (χ0) is 13.5. The molecule has 0 heterocycles. The molecule has 100 valence electrons. The van der Waals surface area contributed by atoms with E-state index in [-0.39, 0.29) is 15.9 Å². The number of hydrogen-bond acceptors (Lipinski definition) is 4. The predicted molar refractivity (Wildman–Crippen MR) is 74.9 cm³/mol. The lowest BCUT2D eigenvalue weighted by atomic mass is 10.3. The van der Waals surface area contributed by atoms with Crippen LogP contribution in [0.4, 0.5) is 5.69 Å². The summed E-state index contributed by atoms with van der Waals surface area (Å²) >= 11 is 7.13. The van der Waals surface area contributed by atoms with Gasteiger partial charge in [-0.1, -0.05) is 13.0 Å². The molecule has 0 aromatic heterocycles. The minimum absolute atomic E-state index is 0.0470. The maximum atomic E-state index is 11.1. The Morgan fingerprint density at radius 1 is 1.56 bits per heavy atom. The Bertz CT molecular complexity index is 414. The fraction of sp³-hybridized carbons (Fsp3) is 0.500. The van der Waals surface area contributed by atoms with Gasteiger partial charge in [0.25, 0.3) is 0 Å². The molecule has 1 unspecified atom stereocenters. The van der Waals surface area contributed by atoms with E-state index in [4.69, 9.17) is 16.3 Å². The number of benzene rings is 1. The van der Waals surface area contributed by atoms with Crippen molar-refractivity contribution in [3.05, 3.63) is 28.3 Å². The van der Waals surface area contributed by atoms with Gasteiger partial charge in [-0.15, -0.1) is 23.4 Å². The van der Waals surface area contributed by atoms with E-state index < -0.39 is 0 Å². The number of ether oxygens (including phenoxy) is 1. The number of nitrogens with zero attached hydrogens (tertiary/aromatic N) is 1. The van der Waals surface area contributed by atoms with Crippen LogP contribution in [-0.4, -0.2) is 22.7 Å². The molecule has 0 aliphatic carbocycles. The number of nitro groups is 1. The van der Waals surface area contributed by atoms with Crippen LogP contribution in [0.5, 0.6) is 5.75 Å². The Kier molecular flexibility index (Phi) is 6.29. The SMILES string of the molecule is CCOc1cccc(SC(C)CCCl)c1[N+](=O)[O-]. The molecule has 0 aliphatic heterocycles. The second kappa shape index (κ2) is 7.48. The van der Waals surface area contributed by atoms with Crippen molar-refractivity contribution < 1.29 is 9.66 Å². The zero-order valence-electron chi connectivity index (χ0n) is 10.4. The van der Waals surface area contributed by atoms with Crippen molar-refractivity contribution >= 4 is 29.1 Å². The lowest BCUT2D eigenvalue weighted by molar-refractivity contribution is -0.388. The van der Waals surface area contributed by atoms with E-state index in [1.807, 2.05) is 6.92 Å². The molecule has 1 atom stereocenters. The van der Waals surface area contributed by atoms with Crippen LogP contribution in [-0.2, 0) is 0 Å². The third-order valence-corrected chi connectivity index (χ3v) is 3.73. The zero-order valence-corrected chi connectivity index (χ0v) is 12.0. The number of nitro benzene ring substituents is 1. The van der Waals surface area contributed by atoms with E-state index in [9.17, 15) is 10.1 Å². The van der Waals surface area contributed by atoms with Gasteiger partial charge in [-0.3, -0.25) is 10.1 Å². The van der Waals surface area contributed by atoms with E-state index in [0.717, 1.165) is 6.42 Å². The van der Waals surface area contributed by atoms with Crippen molar-refractivity contribution in [2.24, 2.45) is 0 Å². The highest BCUT2D eigenvalue weighted by atomic mass is 35.5.